The normalized spacial score (nSPS) is 36.1. The van der Waals surface area contributed by atoms with Crippen molar-refractivity contribution in [1.29, 1.82) is 0 Å². The minimum atomic E-state index is -4.29. The molecule has 0 amide bonds. The number of nitrogens with one attached hydrogen (secondary N) is 1. The van der Waals surface area contributed by atoms with Crippen molar-refractivity contribution in [1.82, 2.24) is 39.0 Å². The molecule has 21 heteroatoms. The Bertz CT molecular complexity index is 1920. The lowest BCUT2D eigenvalue weighted by Crippen LogP contribution is -2.43. The number of hydrogen-bond acceptors (Lipinski definition) is 15. The number of rotatable bonds is 2. The van der Waals surface area contributed by atoms with Crippen LogP contribution in [0.2, 0.25) is 0 Å². The van der Waals surface area contributed by atoms with E-state index in [0.29, 0.717) is 0 Å². The molecule has 7 heterocycles. The van der Waals surface area contributed by atoms with Gasteiger partial charge in [0, 0.05) is 5.92 Å². The van der Waals surface area contributed by atoms with E-state index in [2.05, 4.69) is 35.8 Å². The molecule has 0 aromatic carbocycles. The van der Waals surface area contributed by atoms with Gasteiger partial charge in [-0.1, -0.05) is 5.92 Å². The molecule has 0 saturated carbocycles. The first-order valence-electron chi connectivity index (χ1n) is 13.1. The summed E-state index contributed by atoms with van der Waals surface area (Å²) in [6.45, 7) is -4.99. The molecule has 0 spiro atoms. The van der Waals surface area contributed by atoms with Gasteiger partial charge in [-0.2, -0.15) is 4.98 Å². The fourth-order valence-electron chi connectivity index (χ4n) is 5.72. The zero-order chi connectivity index (χ0) is 31.0. The summed E-state index contributed by atoms with van der Waals surface area (Å²) < 4.78 is 47.6. The Hall–Kier alpha value is -3.64. The molecule has 3 aliphatic rings. The molecule has 3 saturated heterocycles. The Morgan fingerprint density at radius 3 is 2.70 bits per heavy atom. The molecule has 7 rings (SSSR count). The Morgan fingerprint density at radius 1 is 1.18 bits per heavy atom. The van der Waals surface area contributed by atoms with Gasteiger partial charge in [-0.15, -0.1) is 6.42 Å². The first-order valence-corrected chi connectivity index (χ1v) is 15.7. The van der Waals surface area contributed by atoms with Gasteiger partial charge in [0.25, 0.3) is 5.56 Å². The summed E-state index contributed by atoms with van der Waals surface area (Å²) in [5.41, 5.74) is 9.76. The molecule has 0 aliphatic carbocycles. The van der Waals surface area contributed by atoms with Gasteiger partial charge in [0.15, 0.2) is 53.1 Å². The zero-order valence-electron chi connectivity index (χ0n) is 22.3. The van der Waals surface area contributed by atoms with Crippen LogP contribution in [-0.2, 0) is 35.1 Å². The van der Waals surface area contributed by atoms with E-state index in [1.54, 1.807) is 0 Å². The van der Waals surface area contributed by atoms with Crippen LogP contribution in [0.3, 0.4) is 0 Å². The van der Waals surface area contributed by atoms with Crippen LogP contribution >= 0.6 is 6.72 Å². The Morgan fingerprint density at radius 2 is 1.93 bits per heavy atom. The minimum absolute atomic E-state index is 0.0309. The molecule has 2 unspecified atom stereocenters. The summed E-state index contributed by atoms with van der Waals surface area (Å²) in [6.07, 6.45) is 0.883. The molecule has 0 radical (unpaired) electrons. The molecule has 9 atom stereocenters. The SMILES string of the molecule is C#C[C@@]12COP(O)(=S)O[C@@H]3[C@H](F)C(OCC[C@H]1[C@@H](O)[C@H](n1cnc4c(N)ncnc41)O2)O[C@H]3n1cnc2c(=O)[nH]c(N)nc21. The maximum absolute atomic E-state index is 15.8. The van der Waals surface area contributed by atoms with E-state index in [4.69, 9.17) is 53.0 Å². The number of H-pyrrole nitrogens is 1. The summed E-state index contributed by atoms with van der Waals surface area (Å²) in [5, 5.41) is 11.5. The van der Waals surface area contributed by atoms with Crippen LogP contribution in [0.15, 0.2) is 23.8 Å². The third kappa shape index (κ3) is 4.56. The zero-order valence-corrected chi connectivity index (χ0v) is 24.0. The Labute approximate surface area is 250 Å². The van der Waals surface area contributed by atoms with Crippen molar-refractivity contribution in [3.63, 3.8) is 0 Å². The number of aliphatic hydroxyl groups excluding tert-OH is 1. The van der Waals surface area contributed by atoms with Crippen LogP contribution < -0.4 is 17.0 Å². The lowest BCUT2D eigenvalue weighted by Gasteiger charge is -2.32. The average Bonchev–Trinajstić information content (AvgIpc) is 3.73. The van der Waals surface area contributed by atoms with Crippen LogP contribution in [0.5, 0.6) is 0 Å². The minimum Gasteiger partial charge on any atom is -0.388 e. The number of alkyl halides is 1. The van der Waals surface area contributed by atoms with E-state index in [0.717, 1.165) is 0 Å². The fourth-order valence-corrected chi connectivity index (χ4v) is 7.12. The molecule has 44 heavy (non-hydrogen) atoms. The monoisotopic (exact) mass is 650 g/mol. The van der Waals surface area contributed by atoms with E-state index in [9.17, 15) is 14.8 Å². The van der Waals surface area contributed by atoms with E-state index in [-0.39, 0.29) is 47.1 Å². The number of nitrogen functional groups attached to an aromatic ring is 2. The molecule has 3 fully saturated rings. The van der Waals surface area contributed by atoms with Crippen molar-refractivity contribution in [2.45, 2.75) is 49.1 Å². The molecule has 232 valence electrons. The van der Waals surface area contributed by atoms with Crippen molar-refractivity contribution in [3.05, 3.63) is 29.3 Å². The van der Waals surface area contributed by atoms with Gasteiger partial charge in [-0.3, -0.25) is 23.4 Å². The number of imidazole rings is 2. The van der Waals surface area contributed by atoms with Crippen LogP contribution in [0.4, 0.5) is 16.2 Å². The van der Waals surface area contributed by atoms with E-state index in [1.807, 2.05) is 0 Å². The maximum Gasteiger partial charge on any atom is 0.325 e. The molecular formula is C23H24FN10O8PS. The second-order valence-electron chi connectivity index (χ2n) is 10.3. The molecule has 18 nitrogen and oxygen atoms in total. The smallest absolute Gasteiger partial charge is 0.325 e. The highest BCUT2D eigenvalue weighted by atomic mass is 32.5. The van der Waals surface area contributed by atoms with E-state index in [1.165, 1.54) is 28.1 Å². The topological polar surface area (TPSA) is 246 Å². The predicted octanol–water partition coefficient (Wildman–Crippen LogP) is -0.766. The van der Waals surface area contributed by atoms with Crippen molar-refractivity contribution in [2.24, 2.45) is 5.92 Å². The van der Waals surface area contributed by atoms with Gasteiger partial charge in [0.2, 0.25) is 5.95 Å². The van der Waals surface area contributed by atoms with Crippen molar-refractivity contribution >= 4 is 52.6 Å². The number of hydrogen-bond donors (Lipinski definition) is 5. The summed E-state index contributed by atoms with van der Waals surface area (Å²) in [6, 6.07) is 0. The predicted molar refractivity (Wildman–Crippen MR) is 150 cm³/mol. The first kappa shape index (κ1) is 29.1. The first-order chi connectivity index (χ1) is 21.0. The number of nitrogens with two attached hydrogens (primary N) is 2. The standard InChI is InChI=1S/C23H24FN10O8PS/c1-2-23-5-39-43(37,44)42-14-10(24)21(40-20(14)34-8-30-12-17(34)31-22(26)32-18(12)36)38-4-3-9(23)13(35)19(41-23)33-7-29-11-15(25)27-6-28-16(11)33/h1,6-10,13-14,19-21,35H,3-5H2,(H,37,44)(H2,25,27,28)(H3,26,31,32,36)/t9-,10-,13+,14+,19+,20+,21?,23+,43?/m0/s1. The number of fused-ring (bicyclic) bond motifs is 5. The van der Waals surface area contributed by atoms with Crippen LogP contribution in [-0.4, -0.2) is 92.5 Å². The van der Waals surface area contributed by atoms with Crippen LogP contribution in [0, 0.1) is 18.3 Å². The van der Waals surface area contributed by atoms with Crippen LogP contribution in [0.1, 0.15) is 18.9 Å². The second kappa shape index (κ2) is 10.5. The number of nitrogens with zero attached hydrogens (tertiary/aromatic N) is 7. The molecular weight excluding hydrogens is 626 g/mol. The summed E-state index contributed by atoms with van der Waals surface area (Å²) in [4.78, 5) is 46.1. The van der Waals surface area contributed by atoms with Crippen molar-refractivity contribution in [3.8, 4) is 12.3 Å². The largest absolute Gasteiger partial charge is 0.388 e. The summed E-state index contributed by atoms with van der Waals surface area (Å²) >= 11 is 5.24. The van der Waals surface area contributed by atoms with Gasteiger partial charge >= 0.3 is 6.72 Å². The lowest BCUT2D eigenvalue weighted by molar-refractivity contribution is -0.169. The van der Waals surface area contributed by atoms with Gasteiger partial charge in [0.1, 0.15) is 24.1 Å². The number of aromatic nitrogens is 8. The van der Waals surface area contributed by atoms with Gasteiger partial charge in [-0.05, 0) is 18.2 Å². The summed E-state index contributed by atoms with van der Waals surface area (Å²) in [5.74, 6) is 1.57. The highest BCUT2D eigenvalue weighted by molar-refractivity contribution is 8.07. The maximum atomic E-state index is 15.8. The Balaban J connectivity index is 1.21. The molecule has 4 aromatic rings. The van der Waals surface area contributed by atoms with Crippen LogP contribution in [0.25, 0.3) is 22.3 Å². The van der Waals surface area contributed by atoms with E-state index < -0.39 is 67.5 Å². The number of halogens is 1. The Kier molecular flexibility index (Phi) is 6.93. The van der Waals surface area contributed by atoms with Crippen molar-refractivity contribution < 1.29 is 37.6 Å². The molecule has 3 aliphatic heterocycles. The number of aliphatic hydroxyl groups is 1. The summed E-state index contributed by atoms with van der Waals surface area (Å²) in [7, 11) is 0. The second-order valence-corrected chi connectivity index (χ2v) is 13.1. The van der Waals surface area contributed by atoms with Gasteiger partial charge in [-0.25, -0.2) is 24.3 Å². The molecule has 2 bridgehead atoms. The number of anilines is 2. The fraction of sp³-hybridized carbons (Fsp3) is 0.478. The number of ether oxygens (including phenoxy) is 3. The average molecular weight is 651 g/mol. The highest BCUT2D eigenvalue weighted by Crippen LogP contribution is 2.53. The van der Waals surface area contributed by atoms with E-state index >= 15 is 4.39 Å². The lowest BCUT2D eigenvalue weighted by atomic mass is 9.84. The quantitative estimate of drug-likeness (QED) is 0.132. The third-order valence-electron chi connectivity index (χ3n) is 7.80. The van der Waals surface area contributed by atoms with Gasteiger partial charge < -0.3 is 40.2 Å². The number of aromatic amines is 1. The number of terminal acetylenes is 1. The van der Waals surface area contributed by atoms with Gasteiger partial charge in [0.05, 0.1) is 25.9 Å². The highest BCUT2D eigenvalue weighted by Gasteiger charge is 2.57. The third-order valence-corrected chi connectivity index (χ3v) is 9.34. The van der Waals surface area contributed by atoms with Crippen molar-refractivity contribution in [2.75, 3.05) is 24.7 Å². The molecule has 7 N–H and O–H groups in total. The molecule has 4 aromatic heterocycles.